The van der Waals surface area contributed by atoms with Gasteiger partial charge in [-0.05, 0) is 100 Å². The van der Waals surface area contributed by atoms with E-state index >= 15 is 0 Å². The van der Waals surface area contributed by atoms with Crippen molar-refractivity contribution in [2.45, 2.75) is 123 Å². The van der Waals surface area contributed by atoms with Crippen LogP contribution in [0.4, 0.5) is 9.18 Å². The maximum Gasteiger partial charge on any atom is 0.329 e. The zero-order chi connectivity index (χ0) is 33.0. The second-order valence-electron chi connectivity index (χ2n) is 13.0. The van der Waals surface area contributed by atoms with Gasteiger partial charge >= 0.3 is 23.9 Å². The lowest BCUT2D eigenvalue weighted by Gasteiger charge is -2.27. The molecule has 0 aliphatic carbocycles. The predicted octanol–water partition coefficient (Wildman–Crippen LogP) is 3.96. The SMILES string of the molecule is CC(C)(C)OC(=O)CC[C@H](NC(=O)N[C@@H](CCCCNC(=O)c1ccc([18F])nc1)C(=O)OC(C)(C)C)C(=O)OC(C)(C)C. The Bertz CT molecular complexity index is 1110. The molecule has 0 saturated carbocycles. The molecule has 0 bridgehead atoms. The van der Waals surface area contributed by atoms with E-state index in [1.807, 2.05) is 0 Å². The number of carbonyl (C=O) groups excluding carboxylic acids is 5. The molecule has 3 amide bonds. The molecule has 3 N–H and O–H groups in total. The van der Waals surface area contributed by atoms with Gasteiger partial charge in [0.2, 0.25) is 5.95 Å². The third-order valence-electron chi connectivity index (χ3n) is 5.25. The van der Waals surface area contributed by atoms with Crippen molar-refractivity contribution in [2.75, 3.05) is 6.54 Å². The Morgan fingerprint density at radius 2 is 1.28 bits per heavy atom. The minimum absolute atomic E-state index is 0.0857. The smallest absolute Gasteiger partial charge is 0.329 e. The Hall–Kier alpha value is -3.77. The molecule has 43 heavy (non-hydrogen) atoms. The number of aromatic nitrogens is 1. The summed E-state index contributed by atoms with van der Waals surface area (Å²) in [5, 5.41) is 7.77. The number of nitrogens with zero attached hydrogens (tertiary/aromatic N) is 1. The molecular formula is C30H47FN4O8. The number of carbonyl (C=O) groups is 5. The second kappa shape index (κ2) is 16.2. The van der Waals surface area contributed by atoms with Gasteiger partial charge in [0.1, 0.15) is 28.9 Å². The van der Waals surface area contributed by atoms with Crippen molar-refractivity contribution in [2.24, 2.45) is 0 Å². The van der Waals surface area contributed by atoms with Crippen LogP contribution in [0.5, 0.6) is 0 Å². The highest BCUT2D eigenvalue weighted by Gasteiger charge is 2.31. The largest absolute Gasteiger partial charge is 0.460 e. The lowest BCUT2D eigenvalue weighted by Crippen LogP contribution is -2.53. The standard InChI is InChI=1S/C30H47FN4O8/c1-28(2,3)41-23(36)16-14-21(26(39)43-30(7,8)9)35-27(40)34-20(25(38)42-29(4,5)6)12-10-11-17-32-24(37)19-13-15-22(31)33-18-19/h13,15,18,20-21H,10-12,14,16-17H2,1-9H3,(H,32,37)(H2,34,35,40)/t20-,21-/m0/s1/i31-1. The van der Waals surface area contributed by atoms with E-state index in [4.69, 9.17) is 14.2 Å². The summed E-state index contributed by atoms with van der Waals surface area (Å²) in [6.45, 7) is 15.5. The Morgan fingerprint density at radius 1 is 0.767 bits per heavy atom. The second-order valence-corrected chi connectivity index (χ2v) is 13.0. The number of hydrogen-bond donors (Lipinski definition) is 3. The van der Waals surface area contributed by atoms with E-state index in [0.717, 1.165) is 12.3 Å². The molecular weight excluding hydrogens is 562 g/mol. The quantitative estimate of drug-likeness (QED) is 0.130. The van der Waals surface area contributed by atoms with E-state index in [1.165, 1.54) is 6.07 Å². The van der Waals surface area contributed by atoms with Crippen molar-refractivity contribution in [3.63, 3.8) is 0 Å². The zero-order valence-corrected chi connectivity index (χ0v) is 26.7. The first-order chi connectivity index (χ1) is 19.6. The zero-order valence-electron chi connectivity index (χ0n) is 26.7. The minimum Gasteiger partial charge on any atom is -0.460 e. The molecule has 0 fully saturated rings. The van der Waals surface area contributed by atoms with Gasteiger partial charge in [0.25, 0.3) is 5.91 Å². The Balaban J connectivity index is 2.85. The molecule has 1 rings (SSSR count). The molecule has 1 aromatic heterocycles. The number of esters is 3. The number of pyridine rings is 1. The van der Waals surface area contributed by atoms with E-state index in [0.29, 0.717) is 12.8 Å². The normalized spacial score (nSPS) is 13.3. The maximum absolute atomic E-state index is 13.0. The maximum atomic E-state index is 13.0. The van der Waals surface area contributed by atoms with Crippen molar-refractivity contribution >= 4 is 29.8 Å². The van der Waals surface area contributed by atoms with E-state index in [9.17, 15) is 28.4 Å². The van der Waals surface area contributed by atoms with Crippen LogP contribution in [0.2, 0.25) is 0 Å². The first-order valence-corrected chi connectivity index (χ1v) is 14.3. The average molecular weight is 610 g/mol. The van der Waals surface area contributed by atoms with Gasteiger partial charge in [0, 0.05) is 19.2 Å². The topological polar surface area (TPSA) is 162 Å². The number of urea groups is 1. The highest BCUT2D eigenvalue weighted by Crippen LogP contribution is 2.15. The van der Waals surface area contributed by atoms with Crippen molar-refractivity contribution < 1.29 is 42.6 Å². The summed E-state index contributed by atoms with van der Waals surface area (Å²) in [6, 6.07) is -0.685. The summed E-state index contributed by atoms with van der Waals surface area (Å²) in [5.41, 5.74) is -2.18. The van der Waals surface area contributed by atoms with E-state index < -0.39 is 64.7 Å². The van der Waals surface area contributed by atoms with Gasteiger partial charge < -0.3 is 30.2 Å². The first kappa shape index (κ1) is 37.3. The Kier molecular flexibility index (Phi) is 14.0. The molecule has 0 spiro atoms. The fourth-order valence-corrected chi connectivity index (χ4v) is 3.54. The van der Waals surface area contributed by atoms with Gasteiger partial charge in [-0.1, -0.05) is 0 Å². The molecule has 0 radical (unpaired) electrons. The molecule has 0 aromatic carbocycles. The third kappa shape index (κ3) is 17.1. The number of nitrogens with one attached hydrogen (secondary N) is 3. The number of hydrogen-bond acceptors (Lipinski definition) is 9. The first-order valence-electron chi connectivity index (χ1n) is 14.3. The molecule has 0 aliphatic heterocycles. The molecule has 0 unspecified atom stereocenters. The highest BCUT2D eigenvalue weighted by molar-refractivity contribution is 5.93. The summed E-state index contributed by atoms with van der Waals surface area (Å²) < 4.78 is 29.2. The van der Waals surface area contributed by atoms with E-state index in [1.54, 1.807) is 62.3 Å². The fourth-order valence-electron chi connectivity index (χ4n) is 3.54. The summed E-state index contributed by atoms with van der Waals surface area (Å²) in [6.07, 6.45) is 1.93. The number of rotatable bonds is 13. The fraction of sp³-hybridized carbons (Fsp3) is 0.667. The van der Waals surface area contributed by atoms with Crippen LogP contribution in [0.1, 0.15) is 105 Å². The molecule has 12 nitrogen and oxygen atoms in total. The molecule has 13 heteroatoms. The summed E-state index contributed by atoms with van der Waals surface area (Å²) >= 11 is 0. The monoisotopic (exact) mass is 609 g/mol. The summed E-state index contributed by atoms with van der Waals surface area (Å²) in [7, 11) is 0. The molecule has 0 saturated heterocycles. The summed E-state index contributed by atoms with van der Waals surface area (Å²) in [5.74, 6) is -3.08. The number of amides is 3. The predicted molar refractivity (Wildman–Crippen MR) is 156 cm³/mol. The van der Waals surface area contributed by atoms with Crippen LogP contribution in [-0.2, 0) is 28.6 Å². The third-order valence-corrected chi connectivity index (χ3v) is 5.25. The van der Waals surface area contributed by atoms with Crippen LogP contribution < -0.4 is 16.0 Å². The van der Waals surface area contributed by atoms with Crippen LogP contribution in [0.25, 0.3) is 0 Å². The summed E-state index contributed by atoms with van der Waals surface area (Å²) in [4.78, 5) is 66.7. The Labute approximate surface area is 253 Å². The number of ether oxygens (including phenoxy) is 3. The lowest BCUT2D eigenvalue weighted by atomic mass is 10.1. The van der Waals surface area contributed by atoms with Gasteiger partial charge in [0.05, 0.1) is 5.56 Å². The van der Waals surface area contributed by atoms with Crippen molar-refractivity contribution in [3.8, 4) is 0 Å². The van der Waals surface area contributed by atoms with Gasteiger partial charge in [-0.3, -0.25) is 9.59 Å². The van der Waals surface area contributed by atoms with Crippen LogP contribution in [-0.4, -0.2) is 70.3 Å². The molecule has 242 valence electrons. The Morgan fingerprint density at radius 3 is 1.74 bits per heavy atom. The van der Waals surface area contributed by atoms with Gasteiger partial charge in [-0.25, -0.2) is 19.4 Å². The van der Waals surface area contributed by atoms with E-state index in [2.05, 4.69) is 20.9 Å². The van der Waals surface area contributed by atoms with Crippen LogP contribution in [0.15, 0.2) is 18.3 Å². The molecule has 2 atom stereocenters. The number of unbranched alkanes of at least 4 members (excludes halogenated alkanes) is 1. The van der Waals surface area contributed by atoms with Gasteiger partial charge in [0.15, 0.2) is 0 Å². The van der Waals surface area contributed by atoms with Gasteiger partial charge in [-0.15, -0.1) is 0 Å². The van der Waals surface area contributed by atoms with Crippen molar-refractivity contribution in [1.29, 1.82) is 0 Å². The molecule has 1 heterocycles. The van der Waals surface area contributed by atoms with Crippen molar-refractivity contribution in [3.05, 3.63) is 29.8 Å². The van der Waals surface area contributed by atoms with Crippen LogP contribution in [0.3, 0.4) is 0 Å². The molecule has 1 aromatic rings. The van der Waals surface area contributed by atoms with Crippen molar-refractivity contribution in [1.82, 2.24) is 20.9 Å². The van der Waals surface area contributed by atoms with Gasteiger partial charge in [-0.2, -0.15) is 4.39 Å². The average Bonchev–Trinajstić information content (AvgIpc) is 2.82. The lowest BCUT2D eigenvalue weighted by molar-refractivity contribution is -0.159. The highest BCUT2D eigenvalue weighted by atomic mass is 18.2. The van der Waals surface area contributed by atoms with Crippen LogP contribution >= 0.6 is 0 Å². The number of halogens is 1. The van der Waals surface area contributed by atoms with Crippen LogP contribution in [0, 0.1) is 5.95 Å². The minimum atomic E-state index is -1.19. The van der Waals surface area contributed by atoms with E-state index in [-0.39, 0.29) is 31.4 Å². The molecule has 0 aliphatic rings.